The Morgan fingerprint density at radius 1 is 1.36 bits per heavy atom. The number of fused-ring (bicyclic) bond motifs is 1. The maximum atomic E-state index is 9.71. The maximum Gasteiger partial charge on any atom is 0.194 e. The molecule has 5 nitrogen and oxygen atoms in total. The topological polar surface area (TPSA) is 57.1 Å². The third kappa shape index (κ3) is 4.95. The summed E-state index contributed by atoms with van der Waals surface area (Å²) >= 11 is 0. The van der Waals surface area contributed by atoms with Crippen LogP contribution in [0.2, 0.25) is 0 Å². The molecule has 2 atom stereocenters. The average molecular weight is 345 g/mol. The van der Waals surface area contributed by atoms with Crippen LogP contribution in [-0.2, 0) is 11.2 Å². The second-order valence-corrected chi connectivity index (χ2v) is 6.93. The monoisotopic (exact) mass is 345 g/mol. The van der Waals surface area contributed by atoms with Gasteiger partial charge in [-0.1, -0.05) is 24.3 Å². The molecule has 1 aliphatic carbocycles. The van der Waals surface area contributed by atoms with Gasteiger partial charge in [0.15, 0.2) is 5.96 Å². The summed E-state index contributed by atoms with van der Waals surface area (Å²) in [6, 6.07) is 8.66. The number of aliphatic hydroxyl groups excluding tert-OH is 1. The Balaban J connectivity index is 1.45. The number of hydrogen-bond acceptors (Lipinski definition) is 3. The molecule has 2 N–H and O–H groups in total. The summed E-state index contributed by atoms with van der Waals surface area (Å²) in [5.74, 6) is 0.919. The van der Waals surface area contributed by atoms with Gasteiger partial charge in [0, 0.05) is 32.8 Å². The highest BCUT2D eigenvalue weighted by Gasteiger charge is 2.23. The summed E-state index contributed by atoms with van der Waals surface area (Å²) in [5.41, 5.74) is 2.82. The zero-order valence-corrected chi connectivity index (χ0v) is 15.3. The highest BCUT2D eigenvalue weighted by Crippen LogP contribution is 2.32. The first kappa shape index (κ1) is 18.2. The van der Waals surface area contributed by atoms with E-state index in [0.717, 1.165) is 51.5 Å². The van der Waals surface area contributed by atoms with Crippen molar-refractivity contribution in [3.63, 3.8) is 0 Å². The van der Waals surface area contributed by atoms with Crippen molar-refractivity contribution in [2.45, 2.75) is 51.2 Å². The van der Waals surface area contributed by atoms with Crippen LogP contribution < -0.4 is 5.32 Å². The molecule has 1 fully saturated rings. The molecule has 0 amide bonds. The number of nitrogens with zero attached hydrogens (tertiary/aromatic N) is 2. The lowest BCUT2D eigenvalue weighted by Gasteiger charge is -2.25. The summed E-state index contributed by atoms with van der Waals surface area (Å²) in [4.78, 5) is 6.84. The number of likely N-dealkylation sites (tertiary alicyclic amines) is 1. The van der Waals surface area contributed by atoms with Crippen molar-refractivity contribution in [2.24, 2.45) is 4.99 Å². The second-order valence-electron chi connectivity index (χ2n) is 6.93. The van der Waals surface area contributed by atoms with Crippen LogP contribution >= 0.6 is 0 Å². The molecule has 3 rings (SSSR count). The van der Waals surface area contributed by atoms with Crippen LogP contribution in [0.5, 0.6) is 0 Å². The molecule has 138 valence electrons. The number of hydrogen-bond donors (Lipinski definition) is 2. The lowest BCUT2D eigenvalue weighted by atomic mass is 9.89. The molecule has 1 aromatic rings. The van der Waals surface area contributed by atoms with E-state index in [-0.39, 0.29) is 12.2 Å². The Hall–Kier alpha value is -1.59. The highest BCUT2D eigenvalue weighted by atomic mass is 16.5. The van der Waals surface area contributed by atoms with E-state index in [4.69, 9.17) is 9.73 Å². The van der Waals surface area contributed by atoms with Crippen molar-refractivity contribution >= 4 is 5.96 Å². The largest absolute Gasteiger partial charge is 0.391 e. The van der Waals surface area contributed by atoms with E-state index in [9.17, 15) is 5.11 Å². The predicted octanol–water partition coefficient (Wildman–Crippen LogP) is 2.50. The standard InChI is InChI=1S/C20H31N3O2/c1-2-21-20(23-13-11-17(24)15-23)22-12-6-14-25-19-10-5-8-16-7-3-4-9-18(16)19/h3-4,7,9,17,19,24H,2,5-6,8,10-15H2,1H3,(H,21,22)/t17-,19?/m1/s1. The summed E-state index contributed by atoms with van der Waals surface area (Å²) in [6.07, 6.45) is 5.28. The molecule has 0 radical (unpaired) electrons. The normalized spacial score (nSPS) is 23.6. The number of aliphatic hydroxyl groups is 1. The fourth-order valence-electron chi connectivity index (χ4n) is 3.72. The molecular formula is C20H31N3O2. The van der Waals surface area contributed by atoms with Crippen LogP contribution in [0.4, 0.5) is 0 Å². The number of aliphatic imine (C=N–C) groups is 1. The first-order chi connectivity index (χ1) is 12.3. The fraction of sp³-hybridized carbons (Fsp3) is 0.650. The quantitative estimate of drug-likeness (QED) is 0.472. The minimum Gasteiger partial charge on any atom is -0.391 e. The van der Waals surface area contributed by atoms with Gasteiger partial charge in [-0.05, 0) is 50.2 Å². The lowest BCUT2D eigenvalue weighted by molar-refractivity contribution is 0.0402. The third-order valence-electron chi connectivity index (χ3n) is 5.00. The molecule has 0 spiro atoms. The van der Waals surface area contributed by atoms with Gasteiger partial charge in [0.25, 0.3) is 0 Å². The van der Waals surface area contributed by atoms with Crippen molar-refractivity contribution < 1.29 is 9.84 Å². The molecule has 0 bridgehead atoms. The molecule has 0 saturated carbocycles. The average Bonchev–Trinajstić information content (AvgIpc) is 3.07. The molecule has 1 unspecified atom stereocenters. The van der Waals surface area contributed by atoms with Gasteiger partial charge in [0.1, 0.15) is 0 Å². The number of ether oxygens (including phenoxy) is 1. The Morgan fingerprint density at radius 3 is 3.04 bits per heavy atom. The van der Waals surface area contributed by atoms with E-state index >= 15 is 0 Å². The fourth-order valence-corrected chi connectivity index (χ4v) is 3.72. The van der Waals surface area contributed by atoms with Crippen molar-refractivity contribution in [2.75, 3.05) is 32.8 Å². The molecule has 1 aromatic carbocycles. The Kier molecular flexibility index (Phi) is 6.70. The van der Waals surface area contributed by atoms with Gasteiger partial charge in [-0.25, -0.2) is 0 Å². The summed E-state index contributed by atoms with van der Waals surface area (Å²) in [7, 11) is 0. The predicted molar refractivity (Wildman–Crippen MR) is 101 cm³/mol. The first-order valence-electron chi connectivity index (χ1n) is 9.68. The number of guanidine groups is 1. The van der Waals surface area contributed by atoms with Crippen LogP contribution in [0.25, 0.3) is 0 Å². The van der Waals surface area contributed by atoms with Crippen molar-refractivity contribution in [3.8, 4) is 0 Å². The van der Waals surface area contributed by atoms with Gasteiger partial charge in [0.2, 0.25) is 0 Å². The number of rotatable bonds is 6. The van der Waals surface area contributed by atoms with E-state index in [1.807, 2.05) is 0 Å². The van der Waals surface area contributed by atoms with Crippen LogP contribution in [-0.4, -0.2) is 54.9 Å². The van der Waals surface area contributed by atoms with Gasteiger partial charge in [-0.2, -0.15) is 0 Å². The number of β-amino-alcohol motifs (C(OH)–C–C–N with tert-alkyl or cyclic N) is 1. The van der Waals surface area contributed by atoms with E-state index in [2.05, 4.69) is 41.4 Å². The van der Waals surface area contributed by atoms with Crippen molar-refractivity contribution in [1.29, 1.82) is 0 Å². The van der Waals surface area contributed by atoms with Crippen molar-refractivity contribution in [3.05, 3.63) is 35.4 Å². The zero-order valence-electron chi connectivity index (χ0n) is 15.3. The number of nitrogens with one attached hydrogen (secondary N) is 1. The minimum absolute atomic E-state index is 0.224. The Labute approximate surface area is 151 Å². The molecule has 0 aromatic heterocycles. The molecule has 1 aliphatic heterocycles. The third-order valence-corrected chi connectivity index (χ3v) is 5.00. The summed E-state index contributed by atoms with van der Waals surface area (Å²) < 4.78 is 6.15. The van der Waals surface area contributed by atoms with Crippen LogP contribution in [0.3, 0.4) is 0 Å². The van der Waals surface area contributed by atoms with Gasteiger partial charge in [-0.15, -0.1) is 0 Å². The molecular weight excluding hydrogens is 314 g/mol. The second kappa shape index (κ2) is 9.20. The van der Waals surface area contributed by atoms with Crippen molar-refractivity contribution in [1.82, 2.24) is 10.2 Å². The summed E-state index contributed by atoms with van der Waals surface area (Å²) in [5, 5.41) is 13.0. The highest BCUT2D eigenvalue weighted by molar-refractivity contribution is 5.80. The molecule has 2 aliphatic rings. The summed E-state index contributed by atoms with van der Waals surface area (Å²) in [6.45, 7) is 5.98. The zero-order chi connectivity index (χ0) is 17.5. The van der Waals surface area contributed by atoms with Gasteiger partial charge >= 0.3 is 0 Å². The molecule has 25 heavy (non-hydrogen) atoms. The number of benzene rings is 1. The van der Waals surface area contributed by atoms with Crippen LogP contribution in [0, 0.1) is 0 Å². The number of aryl methyl sites for hydroxylation is 1. The Morgan fingerprint density at radius 2 is 2.24 bits per heavy atom. The molecule has 1 saturated heterocycles. The van der Waals surface area contributed by atoms with E-state index < -0.39 is 0 Å². The molecule has 5 heteroatoms. The van der Waals surface area contributed by atoms with Gasteiger partial charge in [0.05, 0.1) is 12.2 Å². The van der Waals surface area contributed by atoms with Gasteiger partial charge < -0.3 is 20.1 Å². The SMILES string of the molecule is CCNC(=NCCCOC1CCCc2ccccc21)N1CC[C@@H](O)C1. The van der Waals surface area contributed by atoms with E-state index in [0.29, 0.717) is 6.54 Å². The maximum absolute atomic E-state index is 9.71. The Bertz CT molecular complexity index is 576. The minimum atomic E-state index is -0.224. The van der Waals surface area contributed by atoms with Gasteiger partial charge in [-0.3, -0.25) is 4.99 Å². The van der Waals surface area contributed by atoms with E-state index in [1.165, 1.54) is 24.0 Å². The smallest absolute Gasteiger partial charge is 0.194 e. The lowest BCUT2D eigenvalue weighted by Crippen LogP contribution is -2.40. The first-order valence-corrected chi connectivity index (χ1v) is 9.68. The van der Waals surface area contributed by atoms with Crippen LogP contribution in [0.15, 0.2) is 29.3 Å². The van der Waals surface area contributed by atoms with E-state index in [1.54, 1.807) is 0 Å². The van der Waals surface area contributed by atoms with Crippen LogP contribution in [0.1, 0.15) is 49.8 Å². The molecule has 1 heterocycles.